The average molecular weight is 392 g/mol. The zero-order valence-electron chi connectivity index (χ0n) is 17.2. The third-order valence-corrected chi connectivity index (χ3v) is 3.95. The molecule has 28 heavy (non-hydrogen) atoms. The molecule has 0 saturated heterocycles. The van der Waals surface area contributed by atoms with Crippen molar-refractivity contribution in [3.8, 4) is 0 Å². The fourth-order valence-corrected chi connectivity index (χ4v) is 2.33. The van der Waals surface area contributed by atoms with E-state index in [1.165, 1.54) is 0 Å². The highest BCUT2D eigenvalue weighted by atomic mass is 16.3. The normalized spacial score (nSPS) is 15.1. The molecule has 1 unspecified atom stereocenters. The molecule has 0 aromatic heterocycles. The molecule has 0 fully saturated rings. The molecule has 0 radical (unpaired) electrons. The summed E-state index contributed by atoms with van der Waals surface area (Å²) in [7, 11) is 0. The molecule has 0 aliphatic carbocycles. The van der Waals surface area contributed by atoms with E-state index in [2.05, 4.69) is 5.32 Å². The molecule has 4 N–H and O–H groups in total. The van der Waals surface area contributed by atoms with Crippen LogP contribution in [-0.2, 0) is 9.59 Å². The maximum absolute atomic E-state index is 12.1. The Morgan fingerprint density at radius 2 is 1.71 bits per heavy atom. The fraction of sp³-hybridized carbons (Fsp3) is 0.455. The van der Waals surface area contributed by atoms with Crippen LogP contribution in [0.1, 0.15) is 40.5 Å². The summed E-state index contributed by atoms with van der Waals surface area (Å²) in [6.07, 6.45) is 10.9. The van der Waals surface area contributed by atoms with Gasteiger partial charge in [0.15, 0.2) is 5.78 Å². The Morgan fingerprint density at radius 1 is 1.04 bits per heavy atom. The van der Waals surface area contributed by atoms with E-state index in [1.54, 1.807) is 19.1 Å². The first-order chi connectivity index (χ1) is 13.3. The maximum Gasteiger partial charge on any atom is 0.228 e. The molecule has 1 atom stereocenters. The summed E-state index contributed by atoms with van der Waals surface area (Å²) in [5.41, 5.74) is 3.27. The largest absolute Gasteiger partial charge is 0.396 e. The van der Waals surface area contributed by atoms with Gasteiger partial charge in [-0.1, -0.05) is 47.6 Å². The lowest BCUT2D eigenvalue weighted by atomic mass is 10.1. The second-order valence-corrected chi connectivity index (χ2v) is 6.57. The molecule has 0 spiro atoms. The predicted molar refractivity (Wildman–Crippen MR) is 112 cm³/mol. The zero-order valence-corrected chi connectivity index (χ0v) is 17.2. The summed E-state index contributed by atoms with van der Waals surface area (Å²) < 4.78 is 0. The monoisotopic (exact) mass is 391 g/mol. The van der Waals surface area contributed by atoms with Gasteiger partial charge < -0.3 is 20.6 Å². The van der Waals surface area contributed by atoms with Crippen LogP contribution < -0.4 is 5.32 Å². The molecular formula is C22H33NO5. The van der Waals surface area contributed by atoms with Crippen molar-refractivity contribution in [1.29, 1.82) is 0 Å². The van der Waals surface area contributed by atoms with Crippen LogP contribution in [0.4, 0.5) is 0 Å². The lowest BCUT2D eigenvalue weighted by Crippen LogP contribution is -2.39. The van der Waals surface area contributed by atoms with Crippen molar-refractivity contribution in [3.05, 3.63) is 58.7 Å². The van der Waals surface area contributed by atoms with Crippen LogP contribution in [0, 0.1) is 0 Å². The van der Waals surface area contributed by atoms with Crippen LogP contribution in [0.5, 0.6) is 0 Å². The Bertz CT molecular complexity index is 668. The van der Waals surface area contributed by atoms with Crippen molar-refractivity contribution in [2.24, 2.45) is 0 Å². The van der Waals surface area contributed by atoms with Gasteiger partial charge in [0.2, 0.25) is 5.91 Å². The third kappa shape index (κ3) is 11.4. The molecule has 6 heteroatoms. The van der Waals surface area contributed by atoms with Crippen molar-refractivity contribution in [2.75, 3.05) is 19.8 Å². The molecule has 156 valence electrons. The molecule has 0 rings (SSSR count). The van der Waals surface area contributed by atoms with Gasteiger partial charge in [-0.05, 0) is 45.3 Å². The molecule has 6 nitrogen and oxygen atoms in total. The van der Waals surface area contributed by atoms with Gasteiger partial charge in [0.1, 0.15) is 0 Å². The van der Waals surface area contributed by atoms with Gasteiger partial charge in [-0.25, -0.2) is 0 Å². The summed E-state index contributed by atoms with van der Waals surface area (Å²) in [5.74, 6) is -0.782. The number of amides is 1. The van der Waals surface area contributed by atoms with Crippen molar-refractivity contribution in [3.63, 3.8) is 0 Å². The predicted octanol–water partition coefficient (Wildman–Crippen LogP) is 2.14. The molecule has 0 bridgehead atoms. The van der Waals surface area contributed by atoms with E-state index in [-0.39, 0.29) is 38.4 Å². The Morgan fingerprint density at radius 3 is 2.25 bits per heavy atom. The number of carbonyl (C=O) groups is 2. The van der Waals surface area contributed by atoms with Crippen LogP contribution >= 0.6 is 0 Å². The summed E-state index contributed by atoms with van der Waals surface area (Å²) in [6, 6.07) is -0.549. The molecule has 0 aliphatic heterocycles. The molecule has 0 saturated carbocycles. The standard InChI is InChI=1S/C22H33NO5/c1-5-19(14-25)12-17(3)11-16(2)7-6-8-18(4)21(27)13-22(28)23-20(15-26)9-10-24/h5-8,11-12,20,24-26H,9-10,13-15H2,1-4H3,(H,23,28)/b7-6+,16-11+,17-12+,18-8+,19-5+. The highest BCUT2D eigenvalue weighted by Crippen LogP contribution is 2.08. The van der Waals surface area contributed by atoms with Crippen LogP contribution in [-0.4, -0.2) is 52.9 Å². The Labute approximate surface area is 167 Å². The van der Waals surface area contributed by atoms with Crippen LogP contribution in [0.15, 0.2) is 58.7 Å². The van der Waals surface area contributed by atoms with Crippen molar-refractivity contribution < 1.29 is 24.9 Å². The SMILES string of the molecule is C\C=C(/C=C(C)/C=C(C)/C=C/C=C(\C)C(=O)CC(=O)NC(CO)CCO)CO. The van der Waals surface area contributed by atoms with E-state index >= 15 is 0 Å². The van der Waals surface area contributed by atoms with E-state index in [4.69, 9.17) is 10.2 Å². The number of carbonyl (C=O) groups excluding carboxylic acids is 2. The van der Waals surface area contributed by atoms with Gasteiger partial charge in [-0.2, -0.15) is 0 Å². The quantitative estimate of drug-likeness (QED) is 0.232. The first-order valence-corrected chi connectivity index (χ1v) is 9.29. The molecule has 0 aromatic carbocycles. The second kappa shape index (κ2) is 14.7. The minimum Gasteiger partial charge on any atom is -0.396 e. The van der Waals surface area contributed by atoms with Crippen molar-refractivity contribution in [2.45, 2.75) is 46.6 Å². The fourth-order valence-electron chi connectivity index (χ4n) is 2.33. The third-order valence-electron chi connectivity index (χ3n) is 3.95. The highest BCUT2D eigenvalue weighted by Gasteiger charge is 2.14. The van der Waals surface area contributed by atoms with Crippen LogP contribution in [0.2, 0.25) is 0 Å². The molecule has 0 aromatic rings. The van der Waals surface area contributed by atoms with E-state index < -0.39 is 11.9 Å². The second-order valence-electron chi connectivity index (χ2n) is 6.57. The topological polar surface area (TPSA) is 107 Å². The Kier molecular flexibility index (Phi) is 13.5. The van der Waals surface area contributed by atoms with E-state index in [9.17, 15) is 14.7 Å². The van der Waals surface area contributed by atoms with Crippen LogP contribution in [0.25, 0.3) is 0 Å². The number of hydrogen-bond donors (Lipinski definition) is 4. The molecule has 1 amide bonds. The molecule has 0 heterocycles. The first kappa shape index (κ1) is 25.7. The Hall–Kier alpha value is -2.28. The number of allylic oxidation sites excluding steroid dienone is 8. The van der Waals surface area contributed by atoms with E-state index in [0.717, 1.165) is 16.7 Å². The number of ketones is 1. The van der Waals surface area contributed by atoms with Gasteiger partial charge in [-0.15, -0.1) is 0 Å². The average Bonchev–Trinajstić information content (AvgIpc) is 2.65. The maximum atomic E-state index is 12.1. The summed E-state index contributed by atoms with van der Waals surface area (Å²) >= 11 is 0. The highest BCUT2D eigenvalue weighted by molar-refractivity contribution is 6.06. The van der Waals surface area contributed by atoms with Gasteiger partial charge >= 0.3 is 0 Å². The summed E-state index contributed by atoms with van der Waals surface area (Å²) in [6.45, 7) is 6.93. The lowest BCUT2D eigenvalue weighted by molar-refractivity contribution is -0.127. The van der Waals surface area contributed by atoms with Crippen molar-refractivity contribution >= 4 is 11.7 Å². The van der Waals surface area contributed by atoms with Gasteiger partial charge in [-0.3, -0.25) is 9.59 Å². The number of hydrogen-bond acceptors (Lipinski definition) is 5. The van der Waals surface area contributed by atoms with Gasteiger partial charge in [0.05, 0.1) is 25.7 Å². The number of rotatable bonds is 12. The molecule has 0 aliphatic rings. The summed E-state index contributed by atoms with van der Waals surface area (Å²) in [5, 5.41) is 29.6. The summed E-state index contributed by atoms with van der Waals surface area (Å²) in [4.78, 5) is 23.9. The van der Waals surface area contributed by atoms with Crippen LogP contribution in [0.3, 0.4) is 0 Å². The first-order valence-electron chi connectivity index (χ1n) is 9.29. The number of aliphatic hydroxyl groups is 3. The van der Waals surface area contributed by atoms with Crippen molar-refractivity contribution in [1.82, 2.24) is 5.32 Å². The number of aliphatic hydroxyl groups excluding tert-OH is 3. The number of nitrogens with one attached hydrogen (secondary N) is 1. The number of Topliss-reactive ketones (excluding diaryl/α,β-unsaturated/α-hetero) is 1. The van der Waals surface area contributed by atoms with E-state index in [0.29, 0.717) is 5.57 Å². The smallest absolute Gasteiger partial charge is 0.228 e. The van der Waals surface area contributed by atoms with Gasteiger partial charge in [0.25, 0.3) is 0 Å². The minimum absolute atomic E-state index is 0.00671. The zero-order chi connectivity index (χ0) is 21.5. The lowest BCUT2D eigenvalue weighted by Gasteiger charge is -2.14. The van der Waals surface area contributed by atoms with E-state index in [1.807, 2.05) is 45.1 Å². The van der Waals surface area contributed by atoms with Gasteiger partial charge in [0, 0.05) is 6.61 Å². The Balaban J connectivity index is 4.80. The molecular weight excluding hydrogens is 358 g/mol. The minimum atomic E-state index is -0.549.